The fourth-order valence-corrected chi connectivity index (χ4v) is 4.51. The lowest BCUT2D eigenvalue weighted by atomic mass is 10.1. The Morgan fingerprint density at radius 1 is 1.16 bits per heavy atom. The molecule has 0 saturated heterocycles. The van der Waals surface area contributed by atoms with E-state index in [1.165, 1.54) is 53.7 Å². The zero-order chi connectivity index (χ0) is 30.5. The predicted molar refractivity (Wildman–Crippen MR) is 155 cm³/mol. The van der Waals surface area contributed by atoms with Crippen LogP contribution >= 0.6 is 0 Å². The maximum absolute atomic E-state index is 15.2. The summed E-state index contributed by atoms with van der Waals surface area (Å²) in [6, 6.07) is 10.7. The molecular formula is C29H29F2N7O5. The second-order valence-corrected chi connectivity index (χ2v) is 9.74. The first-order valence-corrected chi connectivity index (χ1v) is 13.3. The number of H-pyrrole nitrogens is 1. The molecule has 12 nitrogen and oxygen atoms in total. The number of aliphatic hydroxyl groups excluding tert-OH is 1. The highest BCUT2D eigenvalue weighted by atomic mass is 19.1. The van der Waals surface area contributed by atoms with Crippen molar-refractivity contribution in [1.82, 2.24) is 20.2 Å². The molecule has 1 aliphatic heterocycles. The van der Waals surface area contributed by atoms with Crippen molar-refractivity contribution in [2.24, 2.45) is 5.92 Å². The number of ether oxygens (including phenoxy) is 2. The lowest BCUT2D eigenvalue weighted by Crippen LogP contribution is -2.50. The highest BCUT2D eigenvalue weighted by molar-refractivity contribution is 6.27. The molecule has 0 fully saturated rings. The van der Waals surface area contributed by atoms with Crippen LogP contribution in [0.3, 0.4) is 0 Å². The van der Waals surface area contributed by atoms with Gasteiger partial charge in [-0.15, -0.1) is 0 Å². The number of hydrogen-bond acceptors (Lipinski definition) is 9. The fourth-order valence-electron chi connectivity index (χ4n) is 4.51. The van der Waals surface area contributed by atoms with E-state index in [0.717, 1.165) is 6.07 Å². The molecule has 3 heterocycles. The van der Waals surface area contributed by atoms with Gasteiger partial charge in [-0.05, 0) is 36.4 Å². The van der Waals surface area contributed by atoms with Crippen molar-refractivity contribution in [3.05, 3.63) is 78.0 Å². The van der Waals surface area contributed by atoms with Crippen molar-refractivity contribution < 1.29 is 33.0 Å². The Labute approximate surface area is 244 Å². The summed E-state index contributed by atoms with van der Waals surface area (Å²) in [5.74, 6) is -2.18. The van der Waals surface area contributed by atoms with Gasteiger partial charge in [0, 0.05) is 63.8 Å². The van der Waals surface area contributed by atoms with E-state index in [0.29, 0.717) is 35.7 Å². The molecule has 0 spiro atoms. The number of hydrazine groups is 1. The number of aliphatic hydroxyl groups is 1. The van der Waals surface area contributed by atoms with Crippen LogP contribution in [0.2, 0.25) is 0 Å². The molecule has 1 atom stereocenters. The molecule has 43 heavy (non-hydrogen) atoms. The molecule has 2 aromatic heterocycles. The maximum atomic E-state index is 15.2. The van der Waals surface area contributed by atoms with Gasteiger partial charge in [0.05, 0.1) is 12.3 Å². The van der Waals surface area contributed by atoms with E-state index in [2.05, 4.69) is 25.8 Å². The lowest BCUT2D eigenvalue weighted by Gasteiger charge is -2.34. The Morgan fingerprint density at radius 2 is 1.95 bits per heavy atom. The van der Waals surface area contributed by atoms with E-state index in [4.69, 9.17) is 9.47 Å². The van der Waals surface area contributed by atoms with Crippen LogP contribution in [0.4, 0.5) is 26.0 Å². The van der Waals surface area contributed by atoms with Crippen molar-refractivity contribution >= 4 is 40.0 Å². The number of aromatic nitrogens is 3. The number of halogens is 2. The lowest BCUT2D eigenvalue weighted by molar-refractivity contribution is -0.122. The third-order valence-electron chi connectivity index (χ3n) is 6.69. The molecule has 0 aliphatic carbocycles. The van der Waals surface area contributed by atoms with Gasteiger partial charge in [0.1, 0.15) is 22.5 Å². The summed E-state index contributed by atoms with van der Waals surface area (Å²) in [4.78, 5) is 30.4. The number of carbonyl (C=O) groups excluding carboxylic acids is 2. The first-order valence-electron chi connectivity index (χ1n) is 13.3. The molecule has 2 amide bonds. The number of likely N-dealkylation sites (N-methyl/N-ethyl adjacent to an activating group) is 1. The number of methoxy groups -OCH3 is 1. The summed E-state index contributed by atoms with van der Waals surface area (Å²) in [6.07, 6.45) is 2.95. The molecule has 0 bridgehead atoms. The van der Waals surface area contributed by atoms with E-state index < -0.39 is 23.4 Å². The first kappa shape index (κ1) is 29.6. The van der Waals surface area contributed by atoms with E-state index in [9.17, 15) is 19.1 Å². The van der Waals surface area contributed by atoms with Crippen LogP contribution in [0.15, 0.2) is 66.4 Å². The van der Waals surface area contributed by atoms with Gasteiger partial charge in [0.25, 0.3) is 11.8 Å². The fraction of sp³-hybridized carbons (Fsp3) is 0.241. The minimum atomic E-state index is -0.766. The van der Waals surface area contributed by atoms with Crippen molar-refractivity contribution in [3.8, 4) is 11.5 Å². The quantitative estimate of drug-likeness (QED) is 0.192. The van der Waals surface area contributed by atoms with E-state index in [1.54, 1.807) is 25.2 Å². The average Bonchev–Trinajstić information content (AvgIpc) is 3.41. The summed E-state index contributed by atoms with van der Waals surface area (Å²) in [5, 5.41) is 25.6. The van der Waals surface area contributed by atoms with Gasteiger partial charge >= 0.3 is 0 Å². The van der Waals surface area contributed by atoms with Crippen molar-refractivity contribution in [3.63, 3.8) is 0 Å². The number of nitrogens with one attached hydrogen (secondary N) is 3. The minimum Gasteiger partial charge on any atom is -0.453 e. The SMILES string of the molecule is COCC(CO)CNc1n[nH]c2nccc(Oc3ccc(NC(=O)C4=CCN(C)N(c5ccc(F)cc5)C4=O)cc3F)c12. The largest absolute Gasteiger partial charge is 0.453 e. The smallest absolute Gasteiger partial charge is 0.278 e. The Kier molecular flexibility index (Phi) is 8.90. The Hall–Kier alpha value is -4.92. The summed E-state index contributed by atoms with van der Waals surface area (Å²) in [7, 11) is 3.20. The van der Waals surface area contributed by atoms with Crippen LogP contribution < -0.4 is 20.4 Å². The molecule has 0 radical (unpaired) electrons. The van der Waals surface area contributed by atoms with Gasteiger partial charge < -0.3 is 25.2 Å². The molecule has 0 saturated carbocycles. The summed E-state index contributed by atoms with van der Waals surface area (Å²) in [5.41, 5.74) is 0.761. The standard InChI is InChI=1S/C29H29F2N7O5/c1-37-12-10-21(29(41)38(37)20-6-3-18(30)4-7-20)28(40)34-19-5-8-23(22(31)13-19)43-24-9-11-32-26-25(24)27(36-35-26)33-14-17(15-39)16-42-2/h3-11,13,17,39H,12,14-16H2,1-2H3,(H,34,40)(H2,32,33,35,36). The zero-order valence-corrected chi connectivity index (χ0v) is 23.3. The average molecular weight is 594 g/mol. The number of fused-ring (bicyclic) bond motifs is 1. The normalized spacial score (nSPS) is 14.5. The second kappa shape index (κ2) is 12.9. The maximum Gasteiger partial charge on any atom is 0.278 e. The number of anilines is 3. The van der Waals surface area contributed by atoms with Gasteiger partial charge in [0.2, 0.25) is 0 Å². The molecule has 1 unspecified atom stereocenters. The molecule has 14 heteroatoms. The number of amides is 2. The van der Waals surface area contributed by atoms with Crippen molar-refractivity contribution in [2.45, 2.75) is 0 Å². The van der Waals surface area contributed by atoms with E-state index in [-0.39, 0.29) is 41.8 Å². The van der Waals surface area contributed by atoms with Crippen molar-refractivity contribution in [2.75, 3.05) is 56.1 Å². The third kappa shape index (κ3) is 6.45. The molecule has 2 aromatic carbocycles. The number of benzene rings is 2. The van der Waals surface area contributed by atoms with Gasteiger partial charge in [-0.2, -0.15) is 5.10 Å². The molecule has 224 valence electrons. The Bertz CT molecular complexity index is 1660. The van der Waals surface area contributed by atoms with E-state index in [1.807, 2.05) is 0 Å². The summed E-state index contributed by atoms with van der Waals surface area (Å²) >= 11 is 0. The van der Waals surface area contributed by atoms with Crippen LogP contribution in [0.1, 0.15) is 0 Å². The number of pyridine rings is 1. The monoisotopic (exact) mass is 593 g/mol. The van der Waals surface area contributed by atoms with Crippen LogP contribution in [0, 0.1) is 17.6 Å². The molecule has 5 rings (SSSR count). The van der Waals surface area contributed by atoms with E-state index >= 15 is 4.39 Å². The summed E-state index contributed by atoms with van der Waals surface area (Å²) in [6.45, 7) is 0.855. The van der Waals surface area contributed by atoms with Gasteiger partial charge in [0.15, 0.2) is 23.0 Å². The van der Waals surface area contributed by atoms with Crippen molar-refractivity contribution in [1.29, 1.82) is 0 Å². The number of carbonyl (C=O) groups is 2. The van der Waals surface area contributed by atoms with Crippen LogP contribution in [-0.2, 0) is 14.3 Å². The van der Waals surface area contributed by atoms with Gasteiger partial charge in [-0.25, -0.2) is 23.8 Å². The van der Waals surface area contributed by atoms with Gasteiger partial charge in [-0.1, -0.05) is 6.08 Å². The number of rotatable bonds is 11. The number of hydrogen-bond donors (Lipinski definition) is 4. The Morgan fingerprint density at radius 3 is 2.67 bits per heavy atom. The topological polar surface area (TPSA) is 145 Å². The highest BCUT2D eigenvalue weighted by Crippen LogP contribution is 2.34. The molecule has 4 aromatic rings. The second-order valence-electron chi connectivity index (χ2n) is 9.74. The predicted octanol–water partition coefficient (Wildman–Crippen LogP) is 3.45. The molecule has 4 N–H and O–H groups in total. The number of nitrogens with zero attached hydrogens (tertiary/aromatic N) is 4. The van der Waals surface area contributed by atoms with Crippen LogP contribution in [-0.4, -0.2) is 77.6 Å². The number of aromatic amines is 1. The van der Waals surface area contributed by atoms with Crippen LogP contribution in [0.5, 0.6) is 11.5 Å². The molecular weight excluding hydrogens is 564 g/mol. The zero-order valence-electron chi connectivity index (χ0n) is 23.3. The van der Waals surface area contributed by atoms with Gasteiger partial charge in [-0.3, -0.25) is 14.7 Å². The first-order chi connectivity index (χ1) is 20.8. The Balaban J connectivity index is 1.30. The molecule has 1 aliphatic rings. The van der Waals surface area contributed by atoms with Crippen LogP contribution in [0.25, 0.3) is 11.0 Å². The minimum absolute atomic E-state index is 0.0894. The highest BCUT2D eigenvalue weighted by Gasteiger charge is 2.31. The summed E-state index contributed by atoms with van der Waals surface area (Å²) < 4.78 is 39.6. The third-order valence-corrected chi connectivity index (χ3v) is 6.69.